The number of carbonyl (C=O) groups is 1. The number of aromatic nitrogens is 1. The number of phenols is 1. The van der Waals surface area contributed by atoms with Crippen LogP contribution in [0.15, 0.2) is 41.4 Å². The van der Waals surface area contributed by atoms with Crippen LogP contribution >= 0.6 is 0 Å². The molecule has 2 rings (SSSR count). The molecular formula is C13H12N2O6S. The molecule has 0 radical (unpaired) electrons. The minimum Gasteiger partial charge on any atom is -0.507 e. The third-order valence-corrected chi connectivity index (χ3v) is 4.09. The Bertz CT molecular complexity index is 802. The fourth-order valence-electron chi connectivity index (χ4n) is 1.63. The van der Waals surface area contributed by atoms with Gasteiger partial charge in [0.25, 0.3) is 10.0 Å². The Balaban J connectivity index is 2.33. The van der Waals surface area contributed by atoms with E-state index in [2.05, 4.69) is 9.71 Å². The molecule has 1 heterocycles. The van der Waals surface area contributed by atoms with Gasteiger partial charge in [0, 0.05) is 6.07 Å². The molecular weight excluding hydrogens is 312 g/mol. The van der Waals surface area contributed by atoms with E-state index in [4.69, 9.17) is 9.84 Å². The highest BCUT2D eigenvalue weighted by Crippen LogP contribution is 2.23. The first-order valence-corrected chi connectivity index (χ1v) is 7.41. The maximum absolute atomic E-state index is 12.2. The molecule has 0 saturated heterocycles. The quantitative estimate of drug-likeness (QED) is 0.756. The van der Waals surface area contributed by atoms with Gasteiger partial charge >= 0.3 is 5.97 Å². The minimum atomic E-state index is -4.01. The number of anilines is 1. The zero-order chi connectivity index (χ0) is 16.3. The molecule has 0 amide bonds. The lowest BCUT2D eigenvalue weighted by molar-refractivity contribution is 0.0693. The lowest BCUT2D eigenvalue weighted by Gasteiger charge is -2.09. The first-order chi connectivity index (χ1) is 10.3. The first kappa shape index (κ1) is 15.6. The van der Waals surface area contributed by atoms with Crippen molar-refractivity contribution in [3.05, 3.63) is 42.1 Å². The summed E-state index contributed by atoms with van der Waals surface area (Å²) in [5, 5.41) is 18.3. The van der Waals surface area contributed by atoms with E-state index in [0.717, 1.165) is 18.2 Å². The number of pyridine rings is 1. The van der Waals surface area contributed by atoms with Crippen LogP contribution in [-0.2, 0) is 10.0 Å². The average molecular weight is 324 g/mol. The molecule has 1 aromatic carbocycles. The summed E-state index contributed by atoms with van der Waals surface area (Å²) >= 11 is 0. The number of nitrogens with zero attached hydrogens (tertiary/aromatic N) is 1. The first-order valence-electron chi connectivity index (χ1n) is 5.92. The highest BCUT2D eigenvalue weighted by molar-refractivity contribution is 7.92. The third kappa shape index (κ3) is 3.26. The average Bonchev–Trinajstić information content (AvgIpc) is 2.47. The molecule has 0 fully saturated rings. The molecule has 0 saturated carbocycles. The summed E-state index contributed by atoms with van der Waals surface area (Å²) in [5.74, 6) is -1.63. The predicted octanol–water partition coefficient (Wildman–Crippen LogP) is 1.29. The summed E-state index contributed by atoms with van der Waals surface area (Å²) in [4.78, 5) is 14.5. The largest absolute Gasteiger partial charge is 0.507 e. The summed E-state index contributed by atoms with van der Waals surface area (Å²) in [5.41, 5.74) is -0.318. The van der Waals surface area contributed by atoms with Crippen LogP contribution in [0.1, 0.15) is 10.4 Å². The fourth-order valence-corrected chi connectivity index (χ4v) is 2.70. The van der Waals surface area contributed by atoms with Crippen LogP contribution in [-0.4, -0.2) is 36.7 Å². The predicted molar refractivity (Wildman–Crippen MR) is 76.7 cm³/mol. The molecule has 0 spiro atoms. The number of benzene rings is 1. The molecule has 0 aliphatic rings. The number of hydrogen-bond donors (Lipinski definition) is 3. The number of carboxylic acids is 1. The van der Waals surface area contributed by atoms with Gasteiger partial charge in [0.15, 0.2) is 0 Å². The van der Waals surface area contributed by atoms with Gasteiger partial charge < -0.3 is 14.9 Å². The number of ether oxygens (including phenoxy) is 1. The normalized spacial score (nSPS) is 11.0. The topological polar surface area (TPSA) is 126 Å². The van der Waals surface area contributed by atoms with Gasteiger partial charge in [-0.1, -0.05) is 0 Å². The molecule has 22 heavy (non-hydrogen) atoms. The summed E-state index contributed by atoms with van der Waals surface area (Å²) in [6.45, 7) is 0. The maximum Gasteiger partial charge on any atom is 0.339 e. The third-order valence-electron chi connectivity index (χ3n) is 2.71. The Morgan fingerprint density at radius 2 is 2.00 bits per heavy atom. The van der Waals surface area contributed by atoms with Crippen LogP contribution in [0.2, 0.25) is 0 Å². The number of aromatic hydroxyl groups is 1. The van der Waals surface area contributed by atoms with Gasteiger partial charge in [0.1, 0.15) is 11.3 Å². The van der Waals surface area contributed by atoms with Crippen molar-refractivity contribution < 1.29 is 28.2 Å². The van der Waals surface area contributed by atoms with E-state index < -0.39 is 27.3 Å². The van der Waals surface area contributed by atoms with Crippen LogP contribution < -0.4 is 9.46 Å². The summed E-state index contributed by atoms with van der Waals surface area (Å²) in [7, 11) is -2.58. The minimum absolute atomic E-state index is 0.186. The molecule has 0 bridgehead atoms. The molecule has 0 aliphatic heterocycles. The number of rotatable bonds is 5. The lowest BCUT2D eigenvalue weighted by atomic mass is 10.2. The number of hydrogen-bond acceptors (Lipinski definition) is 6. The number of nitrogens with one attached hydrogen (secondary N) is 1. The maximum atomic E-state index is 12.2. The van der Waals surface area contributed by atoms with Gasteiger partial charge in [0.05, 0.1) is 23.9 Å². The highest BCUT2D eigenvalue weighted by atomic mass is 32.2. The van der Waals surface area contributed by atoms with Crippen molar-refractivity contribution in [3.63, 3.8) is 0 Å². The summed E-state index contributed by atoms with van der Waals surface area (Å²) < 4.78 is 31.5. The Kier molecular flexibility index (Phi) is 4.18. The Morgan fingerprint density at radius 1 is 1.27 bits per heavy atom. The fraction of sp³-hybridized carbons (Fsp3) is 0.0769. The van der Waals surface area contributed by atoms with Gasteiger partial charge in [-0.05, 0) is 24.3 Å². The van der Waals surface area contributed by atoms with Crippen molar-refractivity contribution >= 4 is 21.7 Å². The van der Waals surface area contributed by atoms with Gasteiger partial charge in [-0.25, -0.2) is 18.2 Å². The molecule has 0 aliphatic carbocycles. The van der Waals surface area contributed by atoms with Crippen molar-refractivity contribution in [2.45, 2.75) is 4.90 Å². The number of aromatic carboxylic acids is 1. The van der Waals surface area contributed by atoms with Crippen molar-refractivity contribution in [1.29, 1.82) is 0 Å². The second-order valence-electron chi connectivity index (χ2n) is 4.18. The number of sulfonamides is 1. The van der Waals surface area contributed by atoms with Crippen molar-refractivity contribution in [3.8, 4) is 11.6 Å². The van der Waals surface area contributed by atoms with E-state index >= 15 is 0 Å². The van der Waals surface area contributed by atoms with Gasteiger partial charge in [-0.2, -0.15) is 0 Å². The smallest absolute Gasteiger partial charge is 0.339 e. The lowest BCUT2D eigenvalue weighted by Crippen LogP contribution is -2.14. The molecule has 116 valence electrons. The molecule has 2 aromatic rings. The molecule has 8 nitrogen and oxygen atoms in total. The Hall–Kier alpha value is -2.81. The van der Waals surface area contributed by atoms with Crippen LogP contribution in [0.25, 0.3) is 0 Å². The van der Waals surface area contributed by atoms with Gasteiger partial charge in [-0.15, -0.1) is 0 Å². The van der Waals surface area contributed by atoms with E-state index in [1.54, 1.807) is 0 Å². The van der Waals surface area contributed by atoms with E-state index in [1.807, 2.05) is 0 Å². The zero-order valence-electron chi connectivity index (χ0n) is 11.3. The van der Waals surface area contributed by atoms with Crippen LogP contribution in [0.4, 0.5) is 5.69 Å². The molecule has 0 atom stereocenters. The SMILES string of the molecule is COc1ccc(NS(=O)(=O)c2ccc(O)c(C(=O)O)c2)cn1. The molecule has 9 heteroatoms. The summed E-state index contributed by atoms with van der Waals surface area (Å²) in [6.07, 6.45) is 1.26. The van der Waals surface area contributed by atoms with Crippen LogP contribution in [0.5, 0.6) is 11.6 Å². The van der Waals surface area contributed by atoms with E-state index in [1.165, 1.54) is 25.4 Å². The van der Waals surface area contributed by atoms with E-state index in [-0.39, 0.29) is 10.6 Å². The number of carboxylic acid groups (broad SMARTS) is 1. The van der Waals surface area contributed by atoms with Crippen molar-refractivity contribution in [2.24, 2.45) is 0 Å². The van der Waals surface area contributed by atoms with E-state index in [0.29, 0.717) is 5.88 Å². The molecule has 1 aromatic heterocycles. The van der Waals surface area contributed by atoms with Gasteiger partial charge in [-0.3, -0.25) is 4.72 Å². The molecule has 0 unspecified atom stereocenters. The summed E-state index contributed by atoms with van der Waals surface area (Å²) in [6, 6.07) is 5.89. The monoisotopic (exact) mass is 324 g/mol. The standard InChI is InChI=1S/C13H12N2O6S/c1-21-12-5-2-8(7-14-12)15-22(19,20)9-3-4-11(16)10(6-9)13(17)18/h2-7,15-16H,1H3,(H,17,18). The second-order valence-corrected chi connectivity index (χ2v) is 5.86. The number of methoxy groups -OCH3 is 1. The molecule has 3 N–H and O–H groups in total. The highest BCUT2D eigenvalue weighted by Gasteiger charge is 2.19. The second kappa shape index (κ2) is 5.90. The van der Waals surface area contributed by atoms with Crippen molar-refractivity contribution in [2.75, 3.05) is 11.8 Å². The van der Waals surface area contributed by atoms with Crippen LogP contribution in [0.3, 0.4) is 0 Å². The Morgan fingerprint density at radius 3 is 2.55 bits per heavy atom. The van der Waals surface area contributed by atoms with E-state index in [9.17, 15) is 18.3 Å². The van der Waals surface area contributed by atoms with Crippen LogP contribution in [0, 0.1) is 0 Å². The van der Waals surface area contributed by atoms with Crippen molar-refractivity contribution in [1.82, 2.24) is 4.98 Å². The zero-order valence-corrected chi connectivity index (χ0v) is 12.2. The van der Waals surface area contributed by atoms with Gasteiger partial charge in [0.2, 0.25) is 5.88 Å². The Labute approximate surface area is 126 Å².